The van der Waals surface area contributed by atoms with Crippen molar-refractivity contribution in [3.63, 3.8) is 0 Å². The molecule has 2 aromatic rings. The summed E-state index contributed by atoms with van der Waals surface area (Å²) >= 11 is 0. The lowest BCUT2D eigenvalue weighted by molar-refractivity contribution is -0.124. The number of carbonyl (C=O) groups is 2. The molecule has 0 radical (unpaired) electrons. The van der Waals surface area contributed by atoms with Crippen LogP contribution in [0, 0.1) is 5.82 Å². The van der Waals surface area contributed by atoms with Crippen LogP contribution in [0.25, 0.3) is 0 Å². The van der Waals surface area contributed by atoms with E-state index in [2.05, 4.69) is 10.3 Å². The summed E-state index contributed by atoms with van der Waals surface area (Å²) in [6, 6.07) is 11.2. The lowest BCUT2D eigenvalue weighted by Gasteiger charge is -2.07. The van der Waals surface area contributed by atoms with E-state index in [-0.39, 0.29) is 18.1 Å². The maximum Gasteiger partial charge on any atom is 0.357 e. The summed E-state index contributed by atoms with van der Waals surface area (Å²) < 4.78 is 18.2. The van der Waals surface area contributed by atoms with Crippen LogP contribution in [0.4, 0.5) is 4.39 Å². The summed E-state index contributed by atoms with van der Waals surface area (Å²) in [7, 11) is 0. The molecule has 1 N–H and O–H groups in total. The normalized spacial score (nSPS) is 10.0. The molecule has 5 nitrogen and oxygen atoms in total. The van der Waals surface area contributed by atoms with E-state index in [1.54, 1.807) is 30.3 Å². The summed E-state index contributed by atoms with van der Waals surface area (Å²) in [4.78, 5) is 26.9. The Labute approximate surface area is 127 Å². The van der Waals surface area contributed by atoms with Gasteiger partial charge in [-0.2, -0.15) is 0 Å². The fourth-order valence-electron chi connectivity index (χ4n) is 1.78. The number of benzene rings is 1. The third-order valence-corrected chi connectivity index (χ3v) is 2.88. The fourth-order valence-corrected chi connectivity index (χ4v) is 1.78. The highest BCUT2D eigenvalue weighted by Gasteiger charge is 2.10. The SMILES string of the molecule is O=C(COC(=O)c1ccccn1)NCCc1ccccc1F. The van der Waals surface area contributed by atoms with Gasteiger partial charge in [-0.1, -0.05) is 24.3 Å². The van der Waals surface area contributed by atoms with Crippen LogP contribution in [0.5, 0.6) is 0 Å². The number of halogens is 1. The smallest absolute Gasteiger partial charge is 0.357 e. The molecule has 0 aliphatic heterocycles. The fraction of sp³-hybridized carbons (Fsp3) is 0.188. The summed E-state index contributed by atoms with van der Waals surface area (Å²) in [6.45, 7) is -0.131. The molecule has 22 heavy (non-hydrogen) atoms. The molecule has 1 aromatic heterocycles. The molecular formula is C16H15FN2O3. The molecule has 2 rings (SSSR count). The number of rotatable bonds is 6. The van der Waals surface area contributed by atoms with Crippen LogP contribution in [0.15, 0.2) is 48.7 Å². The Kier molecular flexibility index (Phi) is 5.59. The topological polar surface area (TPSA) is 68.3 Å². The van der Waals surface area contributed by atoms with Crippen molar-refractivity contribution in [3.8, 4) is 0 Å². The third-order valence-electron chi connectivity index (χ3n) is 2.88. The number of pyridine rings is 1. The van der Waals surface area contributed by atoms with Crippen LogP contribution in [0.1, 0.15) is 16.1 Å². The first-order valence-corrected chi connectivity index (χ1v) is 6.75. The molecule has 0 unspecified atom stereocenters. The van der Waals surface area contributed by atoms with Gasteiger partial charge in [-0.25, -0.2) is 14.2 Å². The molecule has 0 bridgehead atoms. The molecular weight excluding hydrogens is 287 g/mol. The Morgan fingerprint density at radius 2 is 1.91 bits per heavy atom. The second-order valence-corrected chi connectivity index (χ2v) is 4.48. The molecule has 1 heterocycles. The number of carbonyl (C=O) groups excluding carboxylic acids is 2. The van der Waals surface area contributed by atoms with Gasteiger partial charge in [-0.05, 0) is 30.2 Å². The molecule has 0 spiro atoms. The summed E-state index contributed by atoms with van der Waals surface area (Å²) in [5.41, 5.74) is 0.662. The van der Waals surface area contributed by atoms with Crippen molar-refractivity contribution in [1.29, 1.82) is 0 Å². The quantitative estimate of drug-likeness (QED) is 0.825. The summed E-state index contributed by atoms with van der Waals surface area (Å²) in [5, 5.41) is 2.56. The third kappa shape index (κ3) is 4.66. The number of nitrogens with zero attached hydrogens (tertiary/aromatic N) is 1. The van der Waals surface area contributed by atoms with Crippen molar-refractivity contribution < 1.29 is 18.7 Å². The van der Waals surface area contributed by atoms with Crippen LogP contribution < -0.4 is 5.32 Å². The average Bonchev–Trinajstić information content (AvgIpc) is 2.55. The Bertz CT molecular complexity index is 647. The molecule has 0 aliphatic carbocycles. The Hall–Kier alpha value is -2.76. The molecule has 0 fully saturated rings. The standard InChI is InChI=1S/C16H15FN2O3/c17-13-6-2-1-5-12(13)8-10-19-15(20)11-22-16(21)14-7-3-4-9-18-14/h1-7,9H,8,10-11H2,(H,19,20). The minimum atomic E-state index is -0.662. The van der Waals surface area contributed by atoms with Crippen LogP contribution in [-0.4, -0.2) is 30.0 Å². The van der Waals surface area contributed by atoms with Gasteiger partial charge in [0.2, 0.25) is 0 Å². The van der Waals surface area contributed by atoms with E-state index in [4.69, 9.17) is 4.74 Å². The predicted molar refractivity (Wildman–Crippen MR) is 77.6 cm³/mol. The van der Waals surface area contributed by atoms with Crippen LogP contribution in [0.3, 0.4) is 0 Å². The number of esters is 1. The zero-order chi connectivity index (χ0) is 15.8. The molecule has 0 saturated carbocycles. The van der Waals surface area contributed by atoms with Gasteiger partial charge >= 0.3 is 5.97 Å². The van der Waals surface area contributed by atoms with Crippen molar-refractivity contribution in [2.45, 2.75) is 6.42 Å². The average molecular weight is 302 g/mol. The van der Waals surface area contributed by atoms with Gasteiger partial charge in [0.1, 0.15) is 11.5 Å². The van der Waals surface area contributed by atoms with Crippen LogP contribution >= 0.6 is 0 Å². The minimum absolute atomic E-state index is 0.140. The highest BCUT2D eigenvalue weighted by atomic mass is 19.1. The van der Waals surface area contributed by atoms with Gasteiger partial charge in [0, 0.05) is 12.7 Å². The zero-order valence-corrected chi connectivity index (χ0v) is 11.8. The van der Waals surface area contributed by atoms with Crippen LogP contribution in [0.2, 0.25) is 0 Å². The molecule has 6 heteroatoms. The molecule has 1 aromatic carbocycles. The van der Waals surface area contributed by atoms with Gasteiger partial charge in [-0.3, -0.25) is 4.79 Å². The molecule has 0 atom stereocenters. The number of nitrogens with one attached hydrogen (secondary N) is 1. The highest BCUT2D eigenvalue weighted by molar-refractivity contribution is 5.89. The largest absolute Gasteiger partial charge is 0.451 e. The lowest BCUT2D eigenvalue weighted by atomic mass is 10.1. The van der Waals surface area contributed by atoms with Gasteiger partial charge in [0.05, 0.1) is 0 Å². The van der Waals surface area contributed by atoms with Gasteiger partial charge in [-0.15, -0.1) is 0 Å². The summed E-state index contributed by atoms with van der Waals surface area (Å²) in [5.74, 6) is -1.41. The maximum absolute atomic E-state index is 13.4. The Morgan fingerprint density at radius 3 is 2.64 bits per heavy atom. The van der Waals surface area contributed by atoms with Crippen molar-refractivity contribution >= 4 is 11.9 Å². The first-order valence-electron chi connectivity index (χ1n) is 6.75. The molecule has 0 aliphatic rings. The number of hydrogen-bond donors (Lipinski definition) is 1. The van der Waals surface area contributed by atoms with Crippen LogP contribution in [-0.2, 0) is 16.0 Å². The first-order chi connectivity index (χ1) is 10.7. The molecule has 1 amide bonds. The van der Waals surface area contributed by atoms with Crippen molar-refractivity contribution in [1.82, 2.24) is 10.3 Å². The number of amides is 1. The van der Waals surface area contributed by atoms with E-state index < -0.39 is 18.5 Å². The van der Waals surface area contributed by atoms with E-state index in [9.17, 15) is 14.0 Å². The Balaban J connectivity index is 1.70. The van der Waals surface area contributed by atoms with Gasteiger partial charge in [0.25, 0.3) is 5.91 Å². The zero-order valence-electron chi connectivity index (χ0n) is 11.8. The van der Waals surface area contributed by atoms with Crippen molar-refractivity contribution in [2.75, 3.05) is 13.2 Å². The second-order valence-electron chi connectivity index (χ2n) is 4.48. The van der Waals surface area contributed by atoms with E-state index >= 15 is 0 Å². The number of ether oxygens (including phenoxy) is 1. The maximum atomic E-state index is 13.4. The highest BCUT2D eigenvalue weighted by Crippen LogP contribution is 2.06. The first kappa shape index (κ1) is 15.6. The Morgan fingerprint density at radius 1 is 1.14 bits per heavy atom. The number of hydrogen-bond acceptors (Lipinski definition) is 4. The molecule has 0 saturated heterocycles. The van der Waals surface area contributed by atoms with E-state index in [1.165, 1.54) is 18.3 Å². The van der Waals surface area contributed by atoms with E-state index in [0.717, 1.165) is 0 Å². The van der Waals surface area contributed by atoms with Crippen molar-refractivity contribution in [2.24, 2.45) is 0 Å². The number of aromatic nitrogens is 1. The monoisotopic (exact) mass is 302 g/mol. The predicted octanol–water partition coefficient (Wildman–Crippen LogP) is 1.74. The summed E-state index contributed by atoms with van der Waals surface area (Å²) in [6.07, 6.45) is 1.83. The van der Waals surface area contributed by atoms with E-state index in [1.807, 2.05) is 0 Å². The van der Waals surface area contributed by atoms with E-state index in [0.29, 0.717) is 12.0 Å². The van der Waals surface area contributed by atoms with Gasteiger partial charge < -0.3 is 10.1 Å². The van der Waals surface area contributed by atoms with Gasteiger partial charge in [0.15, 0.2) is 6.61 Å². The molecule has 114 valence electrons. The lowest BCUT2D eigenvalue weighted by Crippen LogP contribution is -2.30. The second kappa shape index (κ2) is 7.87. The van der Waals surface area contributed by atoms with Crippen molar-refractivity contribution in [3.05, 3.63) is 65.7 Å². The minimum Gasteiger partial charge on any atom is -0.451 e.